The van der Waals surface area contributed by atoms with E-state index in [1.807, 2.05) is 59.3 Å². The summed E-state index contributed by atoms with van der Waals surface area (Å²) in [5.41, 5.74) is 1.83. The van der Waals surface area contributed by atoms with E-state index in [0.717, 1.165) is 16.5 Å². The quantitative estimate of drug-likeness (QED) is 0.652. The number of methoxy groups -OCH3 is 2. The summed E-state index contributed by atoms with van der Waals surface area (Å²) in [4.78, 5) is 12.1. The van der Waals surface area contributed by atoms with Crippen molar-refractivity contribution in [2.45, 2.75) is 13.2 Å². The Morgan fingerprint density at radius 2 is 1.83 bits per heavy atom. The molecule has 3 rings (SSSR count). The average Bonchev–Trinajstić information content (AvgIpc) is 3.02. The lowest BCUT2D eigenvalue weighted by atomic mass is 10.2. The van der Waals surface area contributed by atoms with E-state index in [9.17, 15) is 4.79 Å². The van der Waals surface area contributed by atoms with Crippen LogP contribution in [0.1, 0.15) is 5.56 Å². The number of ether oxygens (including phenoxy) is 3. The molecule has 1 heterocycles. The van der Waals surface area contributed by atoms with E-state index in [1.165, 1.54) is 0 Å². The highest BCUT2D eigenvalue weighted by atomic mass is 16.5. The maximum Gasteiger partial charge on any atom is 0.326 e. The van der Waals surface area contributed by atoms with Crippen LogP contribution in [0.5, 0.6) is 11.5 Å². The number of fused-ring (bicyclic) bond motifs is 1. The van der Waals surface area contributed by atoms with Gasteiger partial charge in [-0.25, -0.2) is 0 Å². The Balaban J connectivity index is 1.76. The number of nitrogens with zero attached hydrogens (tertiary/aromatic N) is 1. The molecule has 0 bridgehead atoms. The first kappa shape index (κ1) is 15.9. The second kappa shape index (κ2) is 7.08. The van der Waals surface area contributed by atoms with Crippen LogP contribution in [-0.4, -0.2) is 24.8 Å². The molecular weight excluding hydrogens is 306 g/mol. The first-order valence-corrected chi connectivity index (χ1v) is 7.61. The van der Waals surface area contributed by atoms with Gasteiger partial charge in [-0.05, 0) is 11.6 Å². The SMILES string of the molecule is COc1cc(OC)c2ccn(CC(=O)OCc3ccccc3)c2c1. The molecule has 0 aliphatic heterocycles. The zero-order valence-corrected chi connectivity index (χ0v) is 13.7. The van der Waals surface area contributed by atoms with Gasteiger partial charge in [-0.1, -0.05) is 30.3 Å². The fraction of sp³-hybridized carbons (Fsp3) is 0.211. The number of benzene rings is 2. The van der Waals surface area contributed by atoms with Crippen molar-refractivity contribution in [3.8, 4) is 11.5 Å². The zero-order valence-electron chi connectivity index (χ0n) is 13.7. The van der Waals surface area contributed by atoms with E-state index in [1.54, 1.807) is 14.2 Å². The van der Waals surface area contributed by atoms with Crippen LogP contribution in [0, 0.1) is 0 Å². The smallest absolute Gasteiger partial charge is 0.326 e. The predicted molar refractivity (Wildman–Crippen MR) is 91.3 cm³/mol. The van der Waals surface area contributed by atoms with Crippen molar-refractivity contribution >= 4 is 16.9 Å². The molecule has 5 heteroatoms. The van der Waals surface area contributed by atoms with Gasteiger partial charge in [0.15, 0.2) is 0 Å². The average molecular weight is 325 g/mol. The molecular formula is C19H19NO4. The molecule has 0 saturated heterocycles. The third kappa shape index (κ3) is 3.35. The Morgan fingerprint density at radius 1 is 1.04 bits per heavy atom. The van der Waals surface area contributed by atoms with Gasteiger partial charge in [0, 0.05) is 23.7 Å². The Kier molecular flexibility index (Phi) is 4.70. The maximum atomic E-state index is 12.1. The van der Waals surface area contributed by atoms with Crippen LogP contribution >= 0.6 is 0 Å². The van der Waals surface area contributed by atoms with Crippen LogP contribution in [-0.2, 0) is 22.7 Å². The van der Waals surface area contributed by atoms with E-state index < -0.39 is 0 Å². The summed E-state index contributed by atoms with van der Waals surface area (Å²) in [6.07, 6.45) is 1.84. The van der Waals surface area contributed by atoms with Gasteiger partial charge in [-0.15, -0.1) is 0 Å². The number of aromatic nitrogens is 1. The van der Waals surface area contributed by atoms with Gasteiger partial charge in [-0.2, -0.15) is 0 Å². The molecule has 0 atom stereocenters. The molecule has 5 nitrogen and oxygen atoms in total. The lowest BCUT2D eigenvalue weighted by Gasteiger charge is -2.09. The van der Waals surface area contributed by atoms with Crippen molar-refractivity contribution in [2.24, 2.45) is 0 Å². The van der Waals surface area contributed by atoms with Crippen molar-refractivity contribution in [1.29, 1.82) is 0 Å². The number of hydrogen-bond donors (Lipinski definition) is 0. The minimum absolute atomic E-state index is 0.132. The second-order valence-corrected chi connectivity index (χ2v) is 5.35. The molecule has 0 aliphatic carbocycles. The van der Waals surface area contributed by atoms with Gasteiger partial charge >= 0.3 is 5.97 Å². The Bertz CT molecular complexity index is 839. The highest BCUT2D eigenvalue weighted by Gasteiger charge is 2.12. The van der Waals surface area contributed by atoms with Gasteiger partial charge in [0.25, 0.3) is 0 Å². The van der Waals surface area contributed by atoms with Gasteiger partial charge in [0.1, 0.15) is 24.7 Å². The molecule has 0 unspecified atom stereocenters. The molecule has 0 fully saturated rings. The molecule has 3 aromatic rings. The molecule has 2 aromatic carbocycles. The fourth-order valence-corrected chi connectivity index (χ4v) is 2.58. The van der Waals surface area contributed by atoms with Crippen LogP contribution in [0.2, 0.25) is 0 Å². The third-order valence-electron chi connectivity index (χ3n) is 3.82. The highest BCUT2D eigenvalue weighted by molar-refractivity contribution is 5.89. The molecule has 24 heavy (non-hydrogen) atoms. The molecule has 0 radical (unpaired) electrons. The normalized spacial score (nSPS) is 10.6. The van der Waals surface area contributed by atoms with Gasteiger partial charge < -0.3 is 18.8 Å². The van der Waals surface area contributed by atoms with Gasteiger partial charge in [0.2, 0.25) is 0 Å². The summed E-state index contributed by atoms with van der Waals surface area (Å²) in [5, 5.41) is 0.925. The highest BCUT2D eigenvalue weighted by Crippen LogP contribution is 2.31. The minimum Gasteiger partial charge on any atom is -0.497 e. The lowest BCUT2D eigenvalue weighted by molar-refractivity contribution is -0.145. The second-order valence-electron chi connectivity index (χ2n) is 5.35. The minimum atomic E-state index is -0.293. The lowest BCUT2D eigenvalue weighted by Crippen LogP contribution is -2.12. The standard InChI is InChI=1S/C19H19NO4/c1-22-15-10-17-16(18(11-15)23-2)8-9-20(17)12-19(21)24-13-14-6-4-3-5-7-14/h3-11H,12-13H2,1-2H3. The Morgan fingerprint density at radius 3 is 2.54 bits per heavy atom. The molecule has 1 aromatic heterocycles. The van der Waals surface area contributed by atoms with Crippen LogP contribution in [0.4, 0.5) is 0 Å². The number of esters is 1. The summed E-state index contributed by atoms with van der Waals surface area (Å²) in [7, 11) is 3.21. The van der Waals surface area contributed by atoms with E-state index in [2.05, 4.69) is 0 Å². The van der Waals surface area contributed by atoms with E-state index >= 15 is 0 Å². The summed E-state index contributed by atoms with van der Waals surface area (Å²) >= 11 is 0. The topological polar surface area (TPSA) is 49.7 Å². The largest absolute Gasteiger partial charge is 0.497 e. The van der Waals surface area contributed by atoms with Gasteiger partial charge in [0.05, 0.1) is 19.7 Å². The molecule has 0 amide bonds. The summed E-state index contributed by atoms with van der Waals surface area (Å²) in [6, 6.07) is 15.2. The zero-order chi connectivity index (χ0) is 16.9. The van der Waals surface area contributed by atoms with Crippen molar-refractivity contribution in [3.05, 3.63) is 60.3 Å². The molecule has 0 spiro atoms. The summed E-state index contributed by atoms with van der Waals surface area (Å²) in [6.45, 7) is 0.401. The summed E-state index contributed by atoms with van der Waals surface area (Å²) in [5.74, 6) is 1.09. The monoisotopic (exact) mass is 325 g/mol. The van der Waals surface area contributed by atoms with Crippen molar-refractivity contribution in [2.75, 3.05) is 14.2 Å². The van der Waals surface area contributed by atoms with E-state index in [4.69, 9.17) is 14.2 Å². The van der Waals surface area contributed by atoms with E-state index in [-0.39, 0.29) is 19.1 Å². The predicted octanol–water partition coefficient (Wildman–Crippen LogP) is 3.40. The Hall–Kier alpha value is -2.95. The number of carbonyl (C=O) groups is 1. The number of carbonyl (C=O) groups excluding carboxylic acids is 1. The molecule has 124 valence electrons. The third-order valence-corrected chi connectivity index (χ3v) is 3.82. The molecule has 0 saturated carbocycles. The Labute approximate surface area is 140 Å². The molecule has 0 aliphatic rings. The van der Waals surface area contributed by atoms with Crippen LogP contribution in [0.3, 0.4) is 0 Å². The first-order valence-electron chi connectivity index (χ1n) is 7.61. The first-order chi connectivity index (χ1) is 11.7. The number of hydrogen-bond acceptors (Lipinski definition) is 4. The van der Waals surface area contributed by atoms with Crippen molar-refractivity contribution in [3.63, 3.8) is 0 Å². The molecule has 0 N–H and O–H groups in total. The summed E-state index contributed by atoms with van der Waals surface area (Å²) < 4.78 is 17.8. The van der Waals surface area contributed by atoms with Gasteiger partial charge in [-0.3, -0.25) is 4.79 Å². The van der Waals surface area contributed by atoms with Crippen LogP contribution in [0.15, 0.2) is 54.7 Å². The van der Waals surface area contributed by atoms with Crippen LogP contribution < -0.4 is 9.47 Å². The van der Waals surface area contributed by atoms with E-state index in [0.29, 0.717) is 11.5 Å². The maximum absolute atomic E-state index is 12.1. The van der Waals surface area contributed by atoms with Crippen molar-refractivity contribution < 1.29 is 19.0 Å². The van der Waals surface area contributed by atoms with Crippen molar-refractivity contribution in [1.82, 2.24) is 4.57 Å². The number of rotatable bonds is 6. The fourth-order valence-electron chi connectivity index (χ4n) is 2.58. The van der Waals surface area contributed by atoms with Crippen LogP contribution in [0.25, 0.3) is 10.9 Å².